The van der Waals surface area contributed by atoms with Crippen LogP contribution in [0.5, 0.6) is 5.75 Å². The lowest BCUT2D eigenvalue weighted by Gasteiger charge is -2.29. The molecule has 0 amide bonds. The first-order valence-corrected chi connectivity index (χ1v) is 9.94. The van der Waals surface area contributed by atoms with Crippen LogP contribution in [0.15, 0.2) is 42.5 Å². The van der Waals surface area contributed by atoms with Crippen LogP contribution in [0.4, 0.5) is 5.69 Å². The highest BCUT2D eigenvalue weighted by molar-refractivity contribution is 6.11. The number of aliphatic carboxylic acids is 1. The molecular weight excluding hydrogens is 370 g/mol. The van der Waals surface area contributed by atoms with E-state index in [1.54, 1.807) is 18.2 Å². The standard InChI is InChI=1S/C22H25N3O4/c26-20(16-1-4-18(5-2-16)25-11-9-23-10-12-25)21(22(27)28)29-19-6-3-15-7-8-24-14-17(15)13-19/h1-6,13,21,23-24H,7-12,14H2,(H,27,28). The number of rotatable bonds is 6. The Kier molecular flexibility index (Phi) is 5.78. The molecule has 1 unspecified atom stereocenters. The SMILES string of the molecule is O=C(O)C(Oc1ccc2c(c1)CNCC2)C(=O)c1ccc(N2CCNCC2)cc1. The molecule has 2 aromatic carbocycles. The molecule has 3 N–H and O–H groups in total. The summed E-state index contributed by atoms with van der Waals surface area (Å²) in [7, 11) is 0. The molecule has 1 saturated heterocycles. The summed E-state index contributed by atoms with van der Waals surface area (Å²) in [6.07, 6.45) is -0.647. The Morgan fingerprint density at radius 2 is 1.72 bits per heavy atom. The lowest BCUT2D eigenvalue weighted by Crippen LogP contribution is -2.43. The lowest BCUT2D eigenvalue weighted by atomic mass is 10.0. The molecule has 0 aliphatic carbocycles. The van der Waals surface area contributed by atoms with Crippen molar-refractivity contribution in [3.8, 4) is 5.75 Å². The molecule has 29 heavy (non-hydrogen) atoms. The number of carboxylic acid groups (broad SMARTS) is 1. The number of piperazine rings is 1. The van der Waals surface area contributed by atoms with Crippen LogP contribution in [0.25, 0.3) is 0 Å². The third kappa shape index (κ3) is 4.41. The highest BCUT2D eigenvalue weighted by Gasteiger charge is 2.30. The van der Waals surface area contributed by atoms with Crippen molar-refractivity contribution in [2.24, 2.45) is 0 Å². The summed E-state index contributed by atoms with van der Waals surface area (Å²) < 4.78 is 5.61. The second kappa shape index (κ2) is 8.63. The molecule has 2 aromatic rings. The molecule has 0 radical (unpaired) electrons. The van der Waals surface area contributed by atoms with E-state index in [1.807, 2.05) is 24.3 Å². The van der Waals surface area contributed by atoms with Crippen LogP contribution in [0.2, 0.25) is 0 Å². The van der Waals surface area contributed by atoms with Gasteiger partial charge in [-0.05, 0) is 60.5 Å². The maximum Gasteiger partial charge on any atom is 0.353 e. The Hall–Kier alpha value is -2.90. The van der Waals surface area contributed by atoms with Gasteiger partial charge in [-0.1, -0.05) is 6.07 Å². The van der Waals surface area contributed by atoms with Gasteiger partial charge in [0.1, 0.15) is 5.75 Å². The molecule has 1 fully saturated rings. The lowest BCUT2D eigenvalue weighted by molar-refractivity contribution is -0.142. The molecule has 4 rings (SSSR count). The molecule has 0 aromatic heterocycles. The Morgan fingerprint density at radius 1 is 0.966 bits per heavy atom. The first kappa shape index (κ1) is 19.4. The van der Waals surface area contributed by atoms with E-state index in [0.29, 0.717) is 17.9 Å². The second-order valence-corrected chi connectivity index (χ2v) is 7.34. The average Bonchev–Trinajstić information content (AvgIpc) is 2.77. The Bertz CT molecular complexity index is 891. The van der Waals surface area contributed by atoms with Crippen molar-refractivity contribution in [1.82, 2.24) is 10.6 Å². The first-order chi connectivity index (χ1) is 14.1. The van der Waals surface area contributed by atoms with Gasteiger partial charge >= 0.3 is 5.97 Å². The minimum Gasteiger partial charge on any atom is -0.478 e. The molecule has 1 atom stereocenters. The van der Waals surface area contributed by atoms with Crippen molar-refractivity contribution in [2.45, 2.75) is 19.1 Å². The van der Waals surface area contributed by atoms with Crippen molar-refractivity contribution in [1.29, 1.82) is 0 Å². The number of nitrogens with zero attached hydrogens (tertiary/aromatic N) is 1. The van der Waals surface area contributed by atoms with Gasteiger partial charge in [0.25, 0.3) is 6.10 Å². The Labute approximate surface area is 169 Å². The van der Waals surface area contributed by atoms with Crippen LogP contribution >= 0.6 is 0 Å². The Morgan fingerprint density at radius 3 is 2.45 bits per heavy atom. The number of fused-ring (bicyclic) bond motifs is 1. The van der Waals surface area contributed by atoms with Crippen molar-refractivity contribution >= 4 is 17.4 Å². The molecule has 7 heteroatoms. The fourth-order valence-corrected chi connectivity index (χ4v) is 3.79. The van der Waals surface area contributed by atoms with E-state index in [1.165, 1.54) is 5.56 Å². The van der Waals surface area contributed by atoms with Gasteiger partial charge in [-0.3, -0.25) is 4.79 Å². The summed E-state index contributed by atoms with van der Waals surface area (Å²) in [6, 6.07) is 12.6. The van der Waals surface area contributed by atoms with Gasteiger partial charge in [0.05, 0.1) is 0 Å². The van der Waals surface area contributed by atoms with E-state index in [9.17, 15) is 14.7 Å². The van der Waals surface area contributed by atoms with E-state index < -0.39 is 17.9 Å². The molecule has 2 aliphatic rings. The average molecular weight is 395 g/mol. The van der Waals surface area contributed by atoms with E-state index in [4.69, 9.17) is 4.74 Å². The predicted molar refractivity (Wildman–Crippen MR) is 110 cm³/mol. The highest BCUT2D eigenvalue weighted by Crippen LogP contribution is 2.23. The quantitative estimate of drug-likeness (QED) is 0.504. The van der Waals surface area contributed by atoms with Crippen molar-refractivity contribution in [3.63, 3.8) is 0 Å². The van der Waals surface area contributed by atoms with E-state index in [0.717, 1.165) is 50.4 Å². The van der Waals surface area contributed by atoms with E-state index in [2.05, 4.69) is 15.5 Å². The smallest absolute Gasteiger partial charge is 0.353 e. The first-order valence-electron chi connectivity index (χ1n) is 9.94. The third-order valence-electron chi connectivity index (χ3n) is 5.41. The maximum atomic E-state index is 12.8. The summed E-state index contributed by atoms with van der Waals surface area (Å²) in [6.45, 7) is 5.29. The highest BCUT2D eigenvalue weighted by atomic mass is 16.5. The van der Waals surface area contributed by atoms with E-state index >= 15 is 0 Å². The summed E-state index contributed by atoms with van der Waals surface area (Å²) in [5.41, 5.74) is 3.65. The fourth-order valence-electron chi connectivity index (χ4n) is 3.79. The van der Waals surface area contributed by atoms with Gasteiger partial charge in [-0.25, -0.2) is 4.79 Å². The molecule has 0 spiro atoms. The molecule has 7 nitrogen and oxygen atoms in total. The monoisotopic (exact) mass is 395 g/mol. The number of benzene rings is 2. The number of hydrogen-bond acceptors (Lipinski definition) is 6. The van der Waals surface area contributed by atoms with Crippen molar-refractivity contribution in [3.05, 3.63) is 59.2 Å². The van der Waals surface area contributed by atoms with Gasteiger partial charge in [0.15, 0.2) is 0 Å². The largest absolute Gasteiger partial charge is 0.478 e. The Balaban J connectivity index is 1.49. The number of carbonyl (C=O) groups excluding carboxylic acids is 1. The normalized spacial score (nSPS) is 17.3. The van der Waals surface area contributed by atoms with Crippen LogP contribution in [0.1, 0.15) is 21.5 Å². The zero-order valence-corrected chi connectivity index (χ0v) is 16.2. The molecule has 2 heterocycles. The summed E-state index contributed by atoms with van der Waals surface area (Å²) in [4.78, 5) is 26.8. The van der Waals surface area contributed by atoms with Gasteiger partial charge in [0, 0.05) is 44.0 Å². The van der Waals surface area contributed by atoms with Crippen molar-refractivity contribution < 1.29 is 19.4 Å². The number of ether oxygens (including phenoxy) is 1. The van der Waals surface area contributed by atoms with Crippen LogP contribution in [-0.4, -0.2) is 55.7 Å². The van der Waals surface area contributed by atoms with Gasteiger partial charge in [-0.2, -0.15) is 0 Å². The number of anilines is 1. The van der Waals surface area contributed by atoms with Gasteiger partial charge in [-0.15, -0.1) is 0 Å². The minimum atomic E-state index is -1.57. The second-order valence-electron chi connectivity index (χ2n) is 7.34. The number of carboxylic acids is 1. The number of ketones is 1. The fraction of sp³-hybridized carbons (Fsp3) is 0.364. The number of nitrogens with one attached hydrogen (secondary N) is 2. The third-order valence-corrected chi connectivity index (χ3v) is 5.41. The number of hydrogen-bond donors (Lipinski definition) is 3. The number of carbonyl (C=O) groups is 2. The number of Topliss-reactive ketones (excluding diaryl/α,β-unsaturated/α-hetero) is 1. The minimum absolute atomic E-state index is 0.330. The summed E-state index contributed by atoms with van der Waals surface area (Å²) in [5, 5.41) is 16.2. The van der Waals surface area contributed by atoms with Gasteiger partial charge < -0.3 is 25.4 Å². The van der Waals surface area contributed by atoms with Crippen LogP contribution in [-0.2, 0) is 17.8 Å². The predicted octanol–water partition coefficient (Wildman–Crippen LogP) is 1.46. The van der Waals surface area contributed by atoms with Crippen LogP contribution in [0.3, 0.4) is 0 Å². The summed E-state index contributed by atoms with van der Waals surface area (Å²) >= 11 is 0. The molecule has 0 saturated carbocycles. The topological polar surface area (TPSA) is 90.9 Å². The molecular formula is C22H25N3O4. The van der Waals surface area contributed by atoms with Gasteiger partial charge in [0.2, 0.25) is 5.78 Å². The molecule has 0 bridgehead atoms. The van der Waals surface area contributed by atoms with Crippen LogP contribution < -0.4 is 20.3 Å². The molecule has 2 aliphatic heterocycles. The maximum absolute atomic E-state index is 12.8. The molecule has 152 valence electrons. The van der Waals surface area contributed by atoms with Crippen molar-refractivity contribution in [2.75, 3.05) is 37.6 Å². The zero-order valence-electron chi connectivity index (χ0n) is 16.2. The van der Waals surface area contributed by atoms with E-state index in [-0.39, 0.29) is 0 Å². The zero-order chi connectivity index (χ0) is 20.2. The van der Waals surface area contributed by atoms with Crippen LogP contribution in [0, 0.1) is 0 Å². The summed E-state index contributed by atoms with van der Waals surface area (Å²) in [5.74, 6) is -1.46.